The fraction of sp³-hybridized carbons (Fsp3) is 0.333. The lowest BCUT2D eigenvalue weighted by molar-refractivity contribution is 0.144. The van der Waals surface area contributed by atoms with Crippen LogP contribution in [0.3, 0.4) is 0 Å². The van der Waals surface area contributed by atoms with Gasteiger partial charge in [-0.15, -0.1) is 0 Å². The Bertz CT molecular complexity index is 1140. The number of hydrogen-bond donors (Lipinski definition) is 2. The van der Waals surface area contributed by atoms with Gasteiger partial charge >= 0.3 is 0 Å². The molecule has 0 saturated carbocycles. The molecule has 0 aliphatic carbocycles. The predicted octanol–water partition coefficient (Wildman–Crippen LogP) is 2.99. The first-order valence-corrected chi connectivity index (χ1v) is 11.1. The maximum absolute atomic E-state index is 5.19. The maximum atomic E-state index is 5.19. The summed E-state index contributed by atoms with van der Waals surface area (Å²) in [4.78, 5) is 19.6. The third kappa shape index (κ3) is 4.50. The zero-order valence-corrected chi connectivity index (χ0v) is 18.1. The highest BCUT2D eigenvalue weighted by Crippen LogP contribution is 2.29. The Morgan fingerprint density at radius 1 is 1.16 bits per heavy atom. The Labute approximate surface area is 184 Å². The van der Waals surface area contributed by atoms with E-state index in [4.69, 9.17) is 9.72 Å². The van der Waals surface area contributed by atoms with Gasteiger partial charge in [-0.2, -0.15) is 5.10 Å². The number of nitrogens with one attached hydrogen (secondary N) is 2. The Hall–Kier alpha value is -3.08. The lowest BCUT2D eigenvalue weighted by Gasteiger charge is -2.36. The standard InChI is InChI=1S/C21H24N8OS/c1-30-11-10-28-6-8-29(9-7-28)16-4-5-22-19(12-16)27-21-26-18-3-2-17(25-20(18)31-21)15-13-23-24-14-15/h2-5,12-14H,6-11H2,1H3,(H,23,24)(H,22,26,27). The van der Waals surface area contributed by atoms with Crippen LogP contribution < -0.4 is 10.2 Å². The minimum atomic E-state index is 0.779. The lowest BCUT2D eigenvalue weighted by atomic mass is 10.2. The van der Waals surface area contributed by atoms with Crippen molar-refractivity contribution in [2.75, 3.05) is 56.7 Å². The number of anilines is 3. The zero-order valence-electron chi connectivity index (χ0n) is 17.3. The van der Waals surface area contributed by atoms with E-state index in [2.05, 4.69) is 47.4 Å². The zero-order chi connectivity index (χ0) is 21.0. The van der Waals surface area contributed by atoms with Crippen molar-refractivity contribution in [1.29, 1.82) is 0 Å². The van der Waals surface area contributed by atoms with Gasteiger partial charge in [-0.3, -0.25) is 10.00 Å². The first-order valence-electron chi connectivity index (χ1n) is 10.2. The molecular formula is C21H24N8OS. The van der Waals surface area contributed by atoms with E-state index in [0.717, 1.165) is 71.9 Å². The van der Waals surface area contributed by atoms with Crippen molar-refractivity contribution in [3.8, 4) is 11.3 Å². The Morgan fingerprint density at radius 3 is 2.87 bits per heavy atom. The number of aromatic nitrogens is 5. The van der Waals surface area contributed by atoms with Crippen molar-refractivity contribution < 1.29 is 4.74 Å². The summed E-state index contributed by atoms with van der Waals surface area (Å²) in [5.41, 5.74) is 3.87. The Balaban J connectivity index is 1.28. The molecular weight excluding hydrogens is 412 g/mol. The fourth-order valence-corrected chi connectivity index (χ4v) is 4.51. The fourth-order valence-electron chi connectivity index (χ4n) is 3.67. The van der Waals surface area contributed by atoms with Crippen molar-refractivity contribution in [2.24, 2.45) is 0 Å². The Morgan fingerprint density at radius 2 is 2.06 bits per heavy atom. The van der Waals surface area contributed by atoms with Crippen LogP contribution in [0.4, 0.5) is 16.6 Å². The molecule has 0 atom stereocenters. The number of fused-ring (bicyclic) bond motifs is 1. The normalized spacial score (nSPS) is 14.9. The van der Waals surface area contributed by atoms with Crippen molar-refractivity contribution in [3.05, 3.63) is 42.9 Å². The van der Waals surface area contributed by atoms with E-state index in [1.807, 2.05) is 24.5 Å². The van der Waals surface area contributed by atoms with Crippen LogP contribution in [-0.2, 0) is 4.74 Å². The number of aromatic amines is 1. The minimum Gasteiger partial charge on any atom is -0.383 e. The minimum absolute atomic E-state index is 0.779. The molecule has 31 heavy (non-hydrogen) atoms. The van der Waals surface area contributed by atoms with E-state index < -0.39 is 0 Å². The highest BCUT2D eigenvalue weighted by molar-refractivity contribution is 7.21. The topological polar surface area (TPSA) is 95.1 Å². The summed E-state index contributed by atoms with van der Waals surface area (Å²) in [5, 5.41) is 10.9. The number of methoxy groups -OCH3 is 1. The van der Waals surface area contributed by atoms with Crippen LogP contribution in [0.15, 0.2) is 42.9 Å². The van der Waals surface area contributed by atoms with E-state index in [-0.39, 0.29) is 0 Å². The van der Waals surface area contributed by atoms with Crippen molar-refractivity contribution in [3.63, 3.8) is 0 Å². The average molecular weight is 437 g/mol. The molecule has 5 rings (SSSR count). The largest absolute Gasteiger partial charge is 0.383 e. The van der Waals surface area contributed by atoms with Crippen LogP contribution in [-0.4, -0.2) is 76.5 Å². The molecule has 0 bridgehead atoms. The number of H-pyrrole nitrogens is 1. The smallest absolute Gasteiger partial charge is 0.190 e. The van der Waals surface area contributed by atoms with E-state index in [9.17, 15) is 0 Å². The third-order valence-electron chi connectivity index (χ3n) is 5.38. The molecule has 1 aliphatic rings. The molecule has 4 aromatic heterocycles. The number of piperazine rings is 1. The average Bonchev–Trinajstić information content (AvgIpc) is 3.47. The number of hydrogen-bond acceptors (Lipinski definition) is 9. The van der Waals surface area contributed by atoms with Crippen molar-refractivity contribution >= 4 is 38.3 Å². The van der Waals surface area contributed by atoms with Gasteiger partial charge in [0.15, 0.2) is 5.13 Å². The molecule has 9 nitrogen and oxygen atoms in total. The summed E-state index contributed by atoms with van der Waals surface area (Å²) in [6.45, 7) is 5.84. The molecule has 0 radical (unpaired) electrons. The van der Waals surface area contributed by atoms with E-state index in [1.165, 1.54) is 17.0 Å². The molecule has 0 unspecified atom stereocenters. The SMILES string of the molecule is COCCN1CCN(c2ccnc(Nc3nc4ccc(-c5cn[nH]c5)nc4s3)c2)CC1. The van der Waals surface area contributed by atoms with Gasteiger partial charge in [0.25, 0.3) is 0 Å². The highest BCUT2D eigenvalue weighted by Gasteiger charge is 2.17. The molecule has 5 heterocycles. The van der Waals surface area contributed by atoms with Gasteiger partial charge in [0.05, 0.1) is 18.5 Å². The van der Waals surface area contributed by atoms with Gasteiger partial charge < -0.3 is 15.0 Å². The molecule has 1 aliphatic heterocycles. The van der Waals surface area contributed by atoms with Gasteiger partial charge in [0.2, 0.25) is 0 Å². The van der Waals surface area contributed by atoms with E-state index in [0.29, 0.717) is 0 Å². The number of pyridine rings is 2. The van der Waals surface area contributed by atoms with Gasteiger partial charge in [0, 0.05) is 69.5 Å². The van der Waals surface area contributed by atoms with Crippen LogP contribution >= 0.6 is 11.3 Å². The summed E-state index contributed by atoms with van der Waals surface area (Å²) in [7, 11) is 1.75. The molecule has 0 spiro atoms. The van der Waals surface area contributed by atoms with E-state index in [1.54, 1.807) is 13.3 Å². The monoisotopic (exact) mass is 436 g/mol. The van der Waals surface area contributed by atoms with E-state index >= 15 is 0 Å². The van der Waals surface area contributed by atoms with Gasteiger partial charge in [-0.25, -0.2) is 15.0 Å². The first kappa shape index (κ1) is 19.9. The van der Waals surface area contributed by atoms with Gasteiger partial charge in [0.1, 0.15) is 16.2 Å². The molecule has 1 saturated heterocycles. The molecule has 0 amide bonds. The first-order chi connectivity index (χ1) is 15.3. The van der Waals surface area contributed by atoms with Crippen molar-refractivity contribution in [2.45, 2.75) is 0 Å². The van der Waals surface area contributed by atoms with Crippen LogP contribution in [0.25, 0.3) is 21.6 Å². The number of ether oxygens (including phenoxy) is 1. The summed E-state index contributed by atoms with van der Waals surface area (Å²) in [6.07, 6.45) is 5.44. The third-order valence-corrected chi connectivity index (χ3v) is 6.26. The van der Waals surface area contributed by atoms with Gasteiger partial charge in [-0.05, 0) is 18.2 Å². The van der Waals surface area contributed by atoms with Crippen molar-refractivity contribution in [1.82, 2.24) is 30.0 Å². The summed E-state index contributed by atoms with van der Waals surface area (Å²) in [6, 6.07) is 8.09. The number of rotatable bonds is 7. The quantitative estimate of drug-likeness (QED) is 0.457. The molecule has 2 N–H and O–H groups in total. The molecule has 0 aromatic carbocycles. The number of nitrogens with zero attached hydrogens (tertiary/aromatic N) is 6. The second-order valence-corrected chi connectivity index (χ2v) is 8.35. The Kier molecular flexibility index (Phi) is 5.74. The maximum Gasteiger partial charge on any atom is 0.190 e. The van der Waals surface area contributed by atoms with Crippen LogP contribution in [0, 0.1) is 0 Å². The summed E-state index contributed by atoms with van der Waals surface area (Å²) >= 11 is 1.52. The van der Waals surface area contributed by atoms with Crippen LogP contribution in [0.2, 0.25) is 0 Å². The second kappa shape index (κ2) is 8.96. The highest BCUT2D eigenvalue weighted by atomic mass is 32.1. The van der Waals surface area contributed by atoms with Crippen LogP contribution in [0.1, 0.15) is 0 Å². The lowest BCUT2D eigenvalue weighted by Crippen LogP contribution is -2.47. The molecule has 4 aromatic rings. The molecule has 160 valence electrons. The van der Waals surface area contributed by atoms with Gasteiger partial charge in [-0.1, -0.05) is 11.3 Å². The summed E-state index contributed by atoms with van der Waals surface area (Å²) < 4.78 is 5.19. The molecule has 10 heteroatoms. The molecule has 1 fully saturated rings. The summed E-state index contributed by atoms with van der Waals surface area (Å²) in [5.74, 6) is 0.786. The predicted molar refractivity (Wildman–Crippen MR) is 123 cm³/mol. The van der Waals surface area contributed by atoms with Crippen LogP contribution in [0.5, 0.6) is 0 Å². The number of thiazole rings is 1. The second-order valence-electron chi connectivity index (χ2n) is 7.37.